The van der Waals surface area contributed by atoms with Gasteiger partial charge in [-0.15, -0.1) is 11.3 Å². The Balaban J connectivity index is 2.20. The van der Waals surface area contributed by atoms with E-state index in [2.05, 4.69) is 17.6 Å². The van der Waals surface area contributed by atoms with Crippen molar-refractivity contribution in [3.8, 4) is 0 Å². The van der Waals surface area contributed by atoms with Crippen molar-refractivity contribution < 1.29 is 0 Å². The second-order valence-electron chi connectivity index (χ2n) is 3.69. The molecular weight excluding hydrogens is 275 g/mol. The Morgan fingerprint density at radius 1 is 1.24 bits per heavy atom. The van der Waals surface area contributed by atoms with E-state index in [4.69, 9.17) is 29.0 Å². The van der Waals surface area contributed by atoms with Crippen LogP contribution in [0.3, 0.4) is 0 Å². The number of hydrazine groups is 1. The van der Waals surface area contributed by atoms with Gasteiger partial charge in [-0.2, -0.15) is 0 Å². The molecule has 3 N–H and O–H groups in total. The quantitative estimate of drug-likeness (QED) is 0.663. The number of halogens is 2. The largest absolute Gasteiger partial charge is 0.271 e. The van der Waals surface area contributed by atoms with Gasteiger partial charge in [-0.3, -0.25) is 11.3 Å². The minimum absolute atomic E-state index is 0.0198. The molecule has 5 heteroatoms. The summed E-state index contributed by atoms with van der Waals surface area (Å²) in [5.41, 5.74) is 4.94. The van der Waals surface area contributed by atoms with Crippen molar-refractivity contribution in [1.82, 2.24) is 5.43 Å². The summed E-state index contributed by atoms with van der Waals surface area (Å²) in [6, 6.07) is 12.0. The number of nitrogens with one attached hydrogen (secondary N) is 1. The zero-order chi connectivity index (χ0) is 12.3. The fourth-order valence-electron chi connectivity index (χ4n) is 1.70. The molecule has 1 heterocycles. The van der Waals surface area contributed by atoms with Crippen molar-refractivity contribution in [1.29, 1.82) is 0 Å². The predicted octanol–water partition coefficient (Wildman–Crippen LogP) is 3.80. The van der Waals surface area contributed by atoms with E-state index in [-0.39, 0.29) is 6.04 Å². The highest BCUT2D eigenvalue weighted by atomic mass is 35.5. The SMILES string of the molecule is NNC(Cc1ccccc1)c1cc(Cl)sc1Cl. The molecule has 2 nitrogen and oxygen atoms in total. The summed E-state index contributed by atoms with van der Waals surface area (Å²) in [7, 11) is 0. The Labute approximate surface area is 114 Å². The molecule has 0 fully saturated rings. The summed E-state index contributed by atoms with van der Waals surface area (Å²) in [6.07, 6.45) is 0.782. The van der Waals surface area contributed by atoms with Crippen LogP contribution in [0.1, 0.15) is 17.2 Å². The van der Waals surface area contributed by atoms with Gasteiger partial charge in [0.25, 0.3) is 0 Å². The first-order chi connectivity index (χ1) is 8.20. The van der Waals surface area contributed by atoms with Gasteiger partial charge in [-0.1, -0.05) is 53.5 Å². The van der Waals surface area contributed by atoms with Crippen LogP contribution in [0.25, 0.3) is 0 Å². The average molecular weight is 287 g/mol. The molecule has 1 unspecified atom stereocenters. The van der Waals surface area contributed by atoms with Gasteiger partial charge < -0.3 is 0 Å². The minimum atomic E-state index is -0.0198. The molecule has 0 saturated heterocycles. The van der Waals surface area contributed by atoms with Crippen molar-refractivity contribution >= 4 is 34.5 Å². The van der Waals surface area contributed by atoms with Crippen LogP contribution < -0.4 is 11.3 Å². The van der Waals surface area contributed by atoms with E-state index in [0.717, 1.165) is 12.0 Å². The fraction of sp³-hybridized carbons (Fsp3) is 0.167. The Kier molecular flexibility index (Phi) is 4.42. The van der Waals surface area contributed by atoms with Crippen LogP contribution in [0, 0.1) is 0 Å². The highest BCUT2D eigenvalue weighted by molar-refractivity contribution is 7.20. The van der Waals surface area contributed by atoms with Crippen molar-refractivity contribution in [3.05, 3.63) is 56.2 Å². The topological polar surface area (TPSA) is 38.0 Å². The van der Waals surface area contributed by atoms with Gasteiger partial charge in [-0.25, -0.2) is 0 Å². The van der Waals surface area contributed by atoms with Gasteiger partial charge in [0.05, 0.1) is 14.7 Å². The maximum absolute atomic E-state index is 6.12. The Hall–Kier alpha value is -0.580. The van der Waals surface area contributed by atoms with E-state index >= 15 is 0 Å². The lowest BCUT2D eigenvalue weighted by Crippen LogP contribution is -2.29. The molecule has 2 aromatic rings. The third-order valence-electron chi connectivity index (χ3n) is 2.54. The molecule has 0 aliphatic rings. The average Bonchev–Trinajstić information content (AvgIpc) is 2.67. The molecule has 0 aliphatic heterocycles. The lowest BCUT2D eigenvalue weighted by molar-refractivity contribution is 0.553. The van der Waals surface area contributed by atoms with Crippen LogP contribution in [0.2, 0.25) is 8.67 Å². The van der Waals surface area contributed by atoms with Crippen molar-refractivity contribution in [3.63, 3.8) is 0 Å². The van der Waals surface area contributed by atoms with E-state index in [1.807, 2.05) is 24.3 Å². The molecule has 0 amide bonds. The summed E-state index contributed by atoms with van der Waals surface area (Å²) in [6.45, 7) is 0. The molecule has 17 heavy (non-hydrogen) atoms. The summed E-state index contributed by atoms with van der Waals surface area (Å²) in [5.74, 6) is 5.58. The first-order valence-corrected chi connectivity index (χ1v) is 6.72. The van der Waals surface area contributed by atoms with Gasteiger partial charge in [0.2, 0.25) is 0 Å². The smallest absolute Gasteiger partial charge is 0.0992 e. The van der Waals surface area contributed by atoms with Crippen molar-refractivity contribution in [2.24, 2.45) is 5.84 Å². The summed E-state index contributed by atoms with van der Waals surface area (Å²) >= 11 is 13.4. The van der Waals surface area contributed by atoms with Crippen LogP contribution >= 0.6 is 34.5 Å². The monoisotopic (exact) mass is 286 g/mol. The number of thiophene rings is 1. The van der Waals surface area contributed by atoms with Gasteiger partial charge >= 0.3 is 0 Å². The minimum Gasteiger partial charge on any atom is -0.271 e. The van der Waals surface area contributed by atoms with E-state index in [9.17, 15) is 0 Å². The third kappa shape index (κ3) is 3.21. The van der Waals surface area contributed by atoms with E-state index < -0.39 is 0 Å². The number of rotatable bonds is 4. The zero-order valence-corrected chi connectivity index (χ0v) is 11.3. The summed E-state index contributed by atoms with van der Waals surface area (Å²) in [5, 5.41) is 0. The molecule has 0 spiro atoms. The maximum atomic E-state index is 6.12. The molecule has 0 radical (unpaired) electrons. The molecular formula is C12H12Cl2N2S. The molecule has 2 rings (SSSR count). The fourth-order valence-corrected chi connectivity index (χ4v) is 3.28. The molecule has 0 saturated carbocycles. The Morgan fingerprint density at radius 2 is 1.94 bits per heavy atom. The molecule has 1 aromatic carbocycles. The van der Waals surface area contributed by atoms with E-state index in [1.54, 1.807) is 0 Å². The number of benzene rings is 1. The molecule has 0 bridgehead atoms. The molecule has 1 atom stereocenters. The second-order valence-corrected chi connectivity index (χ2v) is 5.97. The van der Waals surface area contributed by atoms with Gasteiger partial charge in [0, 0.05) is 5.56 Å². The van der Waals surface area contributed by atoms with Crippen LogP contribution in [-0.4, -0.2) is 0 Å². The highest BCUT2D eigenvalue weighted by Crippen LogP contribution is 2.35. The van der Waals surface area contributed by atoms with E-state index in [0.29, 0.717) is 8.67 Å². The number of hydrogen-bond acceptors (Lipinski definition) is 3. The summed E-state index contributed by atoms with van der Waals surface area (Å²) in [4.78, 5) is 0. The zero-order valence-electron chi connectivity index (χ0n) is 8.99. The van der Waals surface area contributed by atoms with Crippen molar-refractivity contribution in [2.45, 2.75) is 12.5 Å². The number of nitrogens with two attached hydrogens (primary N) is 1. The second kappa shape index (κ2) is 5.85. The first kappa shape index (κ1) is 12.9. The van der Waals surface area contributed by atoms with Crippen LogP contribution in [0.5, 0.6) is 0 Å². The maximum Gasteiger partial charge on any atom is 0.0992 e. The normalized spacial score (nSPS) is 12.6. The summed E-state index contributed by atoms with van der Waals surface area (Å²) < 4.78 is 1.37. The van der Waals surface area contributed by atoms with Crippen LogP contribution in [0.15, 0.2) is 36.4 Å². The van der Waals surface area contributed by atoms with Gasteiger partial charge in [0.1, 0.15) is 0 Å². The molecule has 1 aromatic heterocycles. The molecule has 0 aliphatic carbocycles. The van der Waals surface area contributed by atoms with Crippen molar-refractivity contribution in [2.75, 3.05) is 0 Å². The van der Waals surface area contributed by atoms with Gasteiger partial charge in [0.15, 0.2) is 0 Å². The Morgan fingerprint density at radius 3 is 2.47 bits per heavy atom. The van der Waals surface area contributed by atoms with Crippen LogP contribution in [0.4, 0.5) is 0 Å². The third-order valence-corrected chi connectivity index (χ3v) is 4.06. The molecule has 90 valence electrons. The predicted molar refractivity (Wildman–Crippen MR) is 74.5 cm³/mol. The first-order valence-electron chi connectivity index (χ1n) is 5.15. The number of hydrogen-bond donors (Lipinski definition) is 2. The van der Waals surface area contributed by atoms with Gasteiger partial charge in [-0.05, 0) is 18.1 Å². The lowest BCUT2D eigenvalue weighted by atomic mass is 10.0. The standard InChI is InChI=1S/C12H12Cl2N2S/c13-11-7-9(12(14)17-11)10(16-15)6-8-4-2-1-3-5-8/h1-5,7,10,16H,6,15H2. The Bertz CT molecular complexity index is 485. The lowest BCUT2D eigenvalue weighted by Gasteiger charge is -2.15. The van der Waals surface area contributed by atoms with Crippen LogP contribution in [-0.2, 0) is 6.42 Å². The van der Waals surface area contributed by atoms with E-state index in [1.165, 1.54) is 16.9 Å². The highest BCUT2D eigenvalue weighted by Gasteiger charge is 2.16.